The van der Waals surface area contributed by atoms with Gasteiger partial charge in [-0.25, -0.2) is 12.8 Å². The van der Waals surface area contributed by atoms with Crippen LogP contribution in [0, 0.1) is 11.7 Å². The molecule has 1 rings (SSSR count). The predicted octanol–water partition coefficient (Wildman–Crippen LogP) is 2.21. The topological polar surface area (TPSA) is 49.4 Å². The van der Waals surface area contributed by atoms with Crippen molar-refractivity contribution in [1.29, 1.82) is 0 Å². The first kappa shape index (κ1) is 17.1. The molecule has 0 amide bonds. The maximum Gasteiger partial charge on any atom is 0.243 e. The lowest BCUT2D eigenvalue weighted by atomic mass is 10.2. The van der Waals surface area contributed by atoms with Crippen LogP contribution in [-0.4, -0.2) is 32.9 Å². The molecule has 1 aromatic carbocycles. The summed E-state index contributed by atoms with van der Waals surface area (Å²) in [4.78, 5) is 0.145. The van der Waals surface area contributed by atoms with Crippen LogP contribution >= 0.6 is 0 Å². The minimum absolute atomic E-state index is 0.145. The molecule has 0 saturated carbocycles. The zero-order valence-electron chi connectivity index (χ0n) is 12.5. The molecule has 0 atom stereocenters. The Morgan fingerprint density at radius 1 is 1.35 bits per heavy atom. The summed E-state index contributed by atoms with van der Waals surface area (Å²) in [6.45, 7) is 6.89. The number of benzene rings is 1. The van der Waals surface area contributed by atoms with Gasteiger partial charge in [0, 0.05) is 25.2 Å². The van der Waals surface area contributed by atoms with Crippen LogP contribution < -0.4 is 5.32 Å². The van der Waals surface area contributed by atoms with Gasteiger partial charge in [-0.05, 0) is 31.2 Å². The number of rotatable bonds is 7. The summed E-state index contributed by atoms with van der Waals surface area (Å²) in [5.41, 5.74) is 0.356. The van der Waals surface area contributed by atoms with E-state index in [4.69, 9.17) is 0 Å². The van der Waals surface area contributed by atoms with Crippen molar-refractivity contribution in [3.05, 3.63) is 29.6 Å². The van der Waals surface area contributed by atoms with E-state index in [-0.39, 0.29) is 10.8 Å². The standard InChI is InChI=1S/C14H23FN2O2S/c1-5-17(10-11(2)3)20(18,19)13-6-7-14(15)12(8-13)9-16-4/h6-8,11,16H,5,9-10H2,1-4H3. The molecule has 0 aromatic heterocycles. The van der Waals surface area contributed by atoms with Gasteiger partial charge in [0.05, 0.1) is 4.90 Å². The van der Waals surface area contributed by atoms with E-state index in [9.17, 15) is 12.8 Å². The molecule has 0 aliphatic heterocycles. The molecular weight excluding hydrogens is 279 g/mol. The summed E-state index contributed by atoms with van der Waals surface area (Å²) >= 11 is 0. The van der Waals surface area contributed by atoms with E-state index < -0.39 is 15.8 Å². The molecule has 4 nitrogen and oxygen atoms in total. The molecule has 0 spiro atoms. The van der Waals surface area contributed by atoms with Crippen molar-refractivity contribution < 1.29 is 12.8 Å². The Morgan fingerprint density at radius 2 is 2.00 bits per heavy atom. The van der Waals surface area contributed by atoms with Gasteiger partial charge < -0.3 is 5.32 Å². The van der Waals surface area contributed by atoms with Gasteiger partial charge in [-0.3, -0.25) is 0 Å². The van der Waals surface area contributed by atoms with Crippen LogP contribution in [0.2, 0.25) is 0 Å². The minimum atomic E-state index is -3.56. The molecule has 0 heterocycles. The van der Waals surface area contributed by atoms with Crippen molar-refractivity contribution in [3.63, 3.8) is 0 Å². The fourth-order valence-electron chi connectivity index (χ4n) is 1.99. The Labute approximate surface area is 121 Å². The van der Waals surface area contributed by atoms with Gasteiger partial charge in [-0.1, -0.05) is 20.8 Å². The van der Waals surface area contributed by atoms with Crippen LogP contribution in [-0.2, 0) is 16.6 Å². The average Bonchev–Trinajstić information content (AvgIpc) is 2.38. The molecule has 0 aliphatic carbocycles. The second-order valence-electron chi connectivity index (χ2n) is 5.13. The van der Waals surface area contributed by atoms with Crippen LogP contribution in [0.15, 0.2) is 23.1 Å². The Kier molecular flexibility index (Phi) is 6.10. The number of nitrogens with zero attached hydrogens (tertiary/aromatic N) is 1. The number of nitrogens with one attached hydrogen (secondary N) is 1. The second-order valence-corrected chi connectivity index (χ2v) is 7.07. The highest BCUT2D eigenvalue weighted by molar-refractivity contribution is 7.89. The summed E-state index contributed by atoms with van der Waals surface area (Å²) in [6, 6.07) is 3.94. The van der Waals surface area contributed by atoms with Gasteiger partial charge in [-0.2, -0.15) is 4.31 Å². The number of sulfonamides is 1. The lowest BCUT2D eigenvalue weighted by molar-refractivity contribution is 0.380. The Bertz CT molecular complexity index is 544. The van der Waals surface area contributed by atoms with Crippen LogP contribution in [0.1, 0.15) is 26.3 Å². The van der Waals surface area contributed by atoms with Crippen LogP contribution in [0.25, 0.3) is 0 Å². The van der Waals surface area contributed by atoms with Crippen molar-refractivity contribution in [3.8, 4) is 0 Å². The van der Waals surface area contributed by atoms with Gasteiger partial charge in [0.25, 0.3) is 0 Å². The van der Waals surface area contributed by atoms with Crippen LogP contribution in [0.5, 0.6) is 0 Å². The molecule has 0 bridgehead atoms. The van der Waals surface area contributed by atoms with Gasteiger partial charge in [0.2, 0.25) is 10.0 Å². The van der Waals surface area contributed by atoms with Crippen molar-refractivity contribution in [1.82, 2.24) is 9.62 Å². The largest absolute Gasteiger partial charge is 0.316 e. The molecule has 0 radical (unpaired) electrons. The van der Waals surface area contributed by atoms with E-state index >= 15 is 0 Å². The number of hydrogen-bond donors (Lipinski definition) is 1. The lowest BCUT2D eigenvalue weighted by Gasteiger charge is -2.22. The summed E-state index contributed by atoms with van der Waals surface area (Å²) in [6.07, 6.45) is 0. The predicted molar refractivity (Wildman–Crippen MR) is 78.4 cm³/mol. The molecular formula is C14H23FN2O2S. The third-order valence-electron chi connectivity index (χ3n) is 2.94. The molecule has 0 unspecified atom stereocenters. The second kappa shape index (κ2) is 7.15. The molecule has 0 fully saturated rings. The van der Waals surface area contributed by atoms with Gasteiger partial charge in [0.1, 0.15) is 5.82 Å². The van der Waals surface area contributed by atoms with Crippen molar-refractivity contribution in [2.75, 3.05) is 20.1 Å². The Morgan fingerprint density at radius 3 is 2.50 bits per heavy atom. The van der Waals surface area contributed by atoms with E-state index in [1.54, 1.807) is 14.0 Å². The summed E-state index contributed by atoms with van der Waals surface area (Å²) in [7, 11) is -1.87. The first-order valence-corrected chi connectivity index (χ1v) is 8.20. The van der Waals surface area contributed by atoms with E-state index in [2.05, 4.69) is 5.32 Å². The molecule has 1 aromatic rings. The summed E-state index contributed by atoms with van der Waals surface area (Å²) < 4.78 is 40.1. The highest BCUT2D eigenvalue weighted by atomic mass is 32.2. The Balaban J connectivity index is 3.17. The highest BCUT2D eigenvalue weighted by Crippen LogP contribution is 2.20. The molecule has 114 valence electrons. The van der Waals surface area contributed by atoms with Gasteiger partial charge >= 0.3 is 0 Å². The first-order valence-electron chi connectivity index (χ1n) is 6.76. The zero-order chi connectivity index (χ0) is 15.3. The van der Waals surface area contributed by atoms with Crippen LogP contribution in [0.4, 0.5) is 4.39 Å². The molecule has 6 heteroatoms. The fraction of sp³-hybridized carbons (Fsp3) is 0.571. The van der Waals surface area contributed by atoms with E-state index in [1.807, 2.05) is 13.8 Å². The lowest BCUT2D eigenvalue weighted by Crippen LogP contribution is -2.34. The average molecular weight is 302 g/mol. The molecule has 20 heavy (non-hydrogen) atoms. The summed E-state index contributed by atoms with van der Waals surface area (Å²) in [5, 5.41) is 2.83. The monoisotopic (exact) mass is 302 g/mol. The molecule has 0 aliphatic rings. The van der Waals surface area contributed by atoms with E-state index in [0.717, 1.165) is 0 Å². The summed E-state index contributed by atoms with van der Waals surface area (Å²) in [5.74, 6) is -0.160. The number of hydrogen-bond acceptors (Lipinski definition) is 3. The van der Waals surface area contributed by atoms with E-state index in [1.165, 1.54) is 22.5 Å². The zero-order valence-corrected chi connectivity index (χ0v) is 13.3. The molecule has 0 saturated heterocycles. The minimum Gasteiger partial charge on any atom is -0.316 e. The SMILES string of the molecule is CCN(CC(C)C)S(=O)(=O)c1ccc(F)c(CNC)c1. The normalized spacial score (nSPS) is 12.3. The molecule has 1 N–H and O–H groups in total. The number of halogens is 1. The maximum absolute atomic E-state index is 13.6. The quantitative estimate of drug-likeness (QED) is 0.840. The third-order valence-corrected chi connectivity index (χ3v) is 4.88. The van der Waals surface area contributed by atoms with Crippen molar-refractivity contribution in [2.45, 2.75) is 32.2 Å². The van der Waals surface area contributed by atoms with Crippen molar-refractivity contribution >= 4 is 10.0 Å². The first-order chi connectivity index (χ1) is 9.32. The maximum atomic E-state index is 13.6. The fourth-order valence-corrected chi connectivity index (χ4v) is 3.65. The van der Waals surface area contributed by atoms with E-state index in [0.29, 0.717) is 25.2 Å². The van der Waals surface area contributed by atoms with Crippen molar-refractivity contribution in [2.24, 2.45) is 5.92 Å². The van der Waals surface area contributed by atoms with Crippen LogP contribution in [0.3, 0.4) is 0 Å². The smallest absolute Gasteiger partial charge is 0.243 e. The third kappa shape index (κ3) is 4.01. The van der Waals surface area contributed by atoms with Gasteiger partial charge in [0.15, 0.2) is 0 Å². The highest BCUT2D eigenvalue weighted by Gasteiger charge is 2.24. The Hall–Kier alpha value is -0.980. The van der Waals surface area contributed by atoms with Gasteiger partial charge in [-0.15, -0.1) is 0 Å².